The minimum absolute atomic E-state index is 0.222. The molecular weight excluding hydrogens is 643 g/mol. The van der Waals surface area contributed by atoms with E-state index in [1.54, 1.807) is 21.3 Å². The van der Waals surface area contributed by atoms with Gasteiger partial charge < -0.3 is 18.8 Å². The van der Waals surface area contributed by atoms with Gasteiger partial charge in [0, 0.05) is 36.2 Å². The Morgan fingerprint density at radius 3 is 1.56 bits per heavy atom. The Labute approximate surface area is 243 Å². The van der Waals surface area contributed by atoms with Crippen molar-refractivity contribution in [2.24, 2.45) is 0 Å². The van der Waals surface area contributed by atoms with Crippen molar-refractivity contribution in [3.05, 3.63) is 71.8 Å². The molecule has 0 fully saturated rings. The summed E-state index contributed by atoms with van der Waals surface area (Å²) in [6.45, 7) is 0. The highest BCUT2D eigenvalue weighted by Gasteiger charge is 2.83. The third kappa shape index (κ3) is 6.84. The van der Waals surface area contributed by atoms with Crippen molar-refractivity contribution in [1.82, 2.24) is 0 Å². The smallest absolute Gasteiger partial charge is 0.460 e. The van der Waals surface area contributed by atoms with Crippen LogP contribution in [0.2, 0.25) is 0 Å². The van der Waals surface area contributed by atoms with Crippen LogP contribution in [0.25, 0.3) is 10.8 Å². The van der Waals surface area contributed by atoms with E-state index >= 15 is 0 Å². The molecular formula is C26H25F9O6S2. The predicted octanol–water partition coefficient (Wildman–Crippen LogP) is 6.54. The fourth-order valence-electron chi connectivity index (χ4n) is 3.74. The Bertz CT molecular complexity index is 1510. The van der Waals surface area contributed by atoms with Gasteiger partial charge in [-0.25, -0.2) is 8.42 Å². The first-order chi connectivity index (χ1) is 19.5. The molecule has 0 saturated heterocycles. The lowest BCUT2D eigenvalue weighted by atomic mass is 9.94. The van der Waals surface area contributed by atoms with Crippen LogP contribution in [0.4, 0.5) is 39.5 Å². The number of halogens is 9. The van der Waals surface area contributed by atoms with Crippen molar-refractivity contribution in [3.8, 4) is 5.75 Å². The summed E-state index contributed by atoms with van der Waals surface area (Å²) in [4.78, 5) is 1.32. The van der Waals surface area contributed by atoms with Crippen LogP contribution >= 0.6 is 0 Å². The van der Waals surface area contributed by atoms with Crippen molar-refractivity contribution in [1.29, 1.82) is 0 Å². The second-order valence-electron chi connectivity index (χ2n) is 8.91. The number of hydrogen-bond donors (Lipinski definition) is 0. The highest BCUT2D eigenvalue weighted by Crippen LogP contribution is 2.54. The average Bonchev–Trinajstić information content (AvgIpc) is 2.93. The molecule has 0 atom stereocenters. The highest BCUT2D eigenvalue weighted by molar-refractivity contribution is 7.95. The minimum atomic E-state index is -7.43. The van der Waals surface area contributed by atoms with Crippen molar-refractivity contribution >= 4 is 31.8 Å². The van der Waals surface area contributed by atoms with Crippen LogP contribution in [0.3, 0.4) is 0 Å². The van der Waals surface area contributed by atoms with Crippen molar-refractivity contribution in [2.45, 2.75) is 34.0 Å². The summed E-state index contributed by atoms with van der Waals surface area (Å²) >= 11 is 0. The molecule has 3 aromatic carbocycles. The summed E-state index contributed by atoms with van der Waals surface area (Å²) < 4.78 is 153. The highest BCUT2D eigenvalue weighted by atomic mass is 32.2. The molecule has 240 valence electrons. The van der Waals surface area contributed by atoms with Crippen LogP contribution in [-0.4, -0.2) is 70.1 Å². The molecule has 0 spiro atoms. The van der Waals surface area contributed by atoms with E-state index in [2.05, 4.69) is 55.0 Å². The first-order valence-electron chi connectivity index (χ1n) is 11.6. The molecule has 0 aliphatic heterocycles. The average molecular weight is 669 g/mol. The van der Waals surface area contributed by atoms with E-state index in [1.165, 1.54) is 4.90 Å². The molecule has 0 amide bonds. The van der Waals surface area contributed by atoms with Gasteiger partial charge in [-0.3, -0.25) is 0 Å². The predicted molar refractivity (Wildman–Crippen MR) is 140 cm³/mol. The maximum Gasteiger partial charge on any atom is 0.460 e. The van der Waals surface area contributed by atoms with Gasteiger partial charge in [0.15, 0.2) is 15.0 Å². The van der Waals surface area contributed by atoms with Gasteiger partial charge in [0.05, 0.1) is 7.11 Å². The third-order valence-electron chi connectivity index (χ3n) is 6.14. The largest absolute Gasteiger partial charge is 0.743 e. The monoisotopic (exact) mass is 668 g/mol. The second-order valence-corrected chi connectivity index (χ2v) is 12.4. The quantitative estimate of drug-likeness (QED) is 0.112. The zero-order valence-corrected chi connectivity index (χ0v) is 24.6. The normalized spacial score (nSPS) is 13.6. The van der Waals surface area contributed by atoms with E-state index in [0.29, 0.717) is 0 Å². The fourth-order valence-corrected chi connectivity index (χ4v) is 4.86. The molecule has 6 nitrogen and oxygen atoms in total. The lowest BCUT2D eigenvalue weighted by Crippen LogP contribution is -2.63. The Kier molecular flexibility index (Phi) is 10.8. The van der Waals surface area contributed by atoms with E-state index in [1.807, 2.05) is 18.2 Å². The van der Waals surface area contributed by atoms with Crippen LogP contribution in [0.5, 0.6) is 5.75 Å². The molecule has 0 aliphatic carbocycles. The molecule has 0 aromatic heterocycles. The van der Waals surface area contributed by atoms with Gasteiger partial charge in [-0.1, -0.05) is 18.2 Å². The molecule has 0 saturated carbocycles. The van der Waals surface area contributed by atoms with E-state index in [0.717, 1.165) is 27.6 Å². The zero-order chi connectivity index (χ0) is 33.2. The Hall–Kier alpha value is -2.73. The zero-order valence-electron chi connectivity index (χ0n) is 22.9. The van der Waals surface area contributed by atoms with E-state index < -0.39 is 39.2 Å². The summed E-state index contributed by atoms with van der Waals surface area (Å²) in [6, 6.07) is 20.8. The topological polar surface area (TPSA) is 84.9 Å². The lowest BCUT2D eigenvalue weighted by molar-refractivity contribution is -0.382. The summed E-state index contributed by atoms with van der Waals surface area (Å²) in [5, 5.41) is -4.88. The van der Waals surface area contributed by atoms with Crippen molar-refractivity contribution in [2.75, 3.05) is 33.8 Å². The molecule has 0 heterocycles. The van der Waals surface area contributed by atoms with Gasteiger partial charge in [-0.2, -0.15) is 39.5 Å². The summed E-state index contributed by atoms with van der Waals surface area (Å²) in [6.07, 6.45) is -2.73. The van der Waals surface area contributed by atoms with Crippen LogP contribution in [0.15, 0.2) is 65.6 Å². The summed E-state index contributed by atoms with van der Waals surface area (Å²) in [7, 11) is -2.16. The lowest BCUT2D eigenvalue weighted by Gasteiger charge is -2.34. The number of benzene rings is 3. The molecule has 17 heteroatoms. The standard InChI is InChI=1S/C22H25O3S.C4HF9O3S/c1-23-20-11-7-16-14-19(8-6-17(16)15-20)22(24-2,25-3)18-9-12-21(13-10-18)26(4)5;5-1(6,3(9,10)11)2(7,8)4(12,13)17(14,15)16/h6-15H,1-5H3;(H,14,15,16)/q+1;/p-1. The Morgan fingerprint density at radius 1 is 0.674 bits per heavy atom. The van der Waals surface area contributed by atoms with E-state index in [9.17, 15) is 52.5 Å². The Balaban J connectivity index is 0.000000332. The third-order valence-corrected chi connectivity index (χ3v) is 8.24. The first kappa shape index (κ1) is 36.5. The maximum atomic E-state index is 12.2. The van der Waals surface area contributed by atoms with Crippen LogP contribution in [-0.2, 0) is 36.3 Å². The number of methoxy groups -OCH3 is 3. The molecule has 3 rings (SSSR count). The van der Waals surface area contributed by atoms with Gasteiger partial charge in [-0.15, -0.1) is 0 Å². The SMILES string of the molecule is COc1ccc2cc(C(OC)(OC)c3ccc([S+](C)C)cc3)ccc2c1.O=S(=O)([O-])C(F)(F)C(F)(F)C(F)(F)C(F)(F)F. The molecule has 3 aromatic rings. The Morgan fingerprint density at radius 2 is 1.14 bits per heavy atom. The molecule has 0 aliphatic rings. The molecule has 43 heavy (non-hydrogen) atoms. The van der Waals surface area contributed by atoms with E-state index in [-0.39, 0.29) is 10.9 Å². The number of alkyl halides is 9. The van der Waals surface area contributed by atoms with Crippen LogP contribution < -0.4 is 4.74 Å². The van der Waals surface area contributed by atoms with Gasteiger partial charge in [0.2, 0.25) is 5.79 Å². The number of ether oxygens (including phenoxy) is 3. The number of rotatable bonds is 9. The first-order valence-corrected chi connectivity index (χ1v) is 15.0. The molecule has 0 radical (unpaired) electrons. The molecule has 0 N–H and O–H groups in total. The maximum absolute atomic E-state index is 12.2. The van der Waals surface area contributed by atoms with Crippen LogP contribution in [0, 0.1) is 0 Å². The van der Waals surface area contributed by atoms with E-state index in [4.69, 9.17) is 14.2 Å². The molecule has 0 unspecified atom stereocenters. The van der Waals surface area contributed by atoms with Gasteiger partial charge in [0.1, 0.15) is 18.3 Å². The summed E-state index contributed by atoms with van der Waals surface area (Å²) in [5.41, 5.74) is 1.93. The van der Waals surface area contributed by atoms with Crippen LogP contribution in [0.1, 0.15) is 11.1 Å². The van der Waals surface area contributed by atoms with Gasteiger partial charge >= 0.3 is 23.3 Å². The minimum Gasteiger partial charge on any atom is -0.743 e. The van der Waals surface area contributed by atoms with Gasteiger partial charge in [-0.05, 0) is 53.2 Å². The fraction of sp³-hybridized carbons (Fsp3) is 0.385. The number of hydrogen-bond acceptors (Lipinski definition) is 6. The van der Waals surface area contributed by atoms with Crippen molar-refractivity contribution < 1.29 is 66.7 Å². The van der Waals surface area contributed by atoms with Crippen molar-refractivity contribution in [3.63, 3.8) is 0 Å². The second kappa shape index (κ2) is 12.7. The number of fused-ring (bicyclic) bond motifs is 1. The molecule has 0 bridgehead atoms. The van der Waals surface area contributed by atoms with Gasteiger partial charge in [0.25, 0.3) is 0 Å². The summed E-state index contributed by atoms with van der Waals surface area (Å²) in [5.74, 6) is -14.9.